The summed E-state index contributed by atoms with van der Waals surface area (Å²) in [4.78, 5) is 68.1. The molecule has 4 amide bonds. The van der Waals surface area contributed by atoms with Gasteiger partial charge in [0.2, 0.25) is 29.6 Å². The first-order valence-electron chi connectivity index (χ1n) is 24.2. The minimum atomic E-state index is -0.652. The average molecular weight is 993 g/mol. The largest absolute Gasteiger partial charge is 0.491 e. The summed E-state index contributed by atoms with van der Waals surface area (Å²) in [6.07, 6.45) is 9.86. The molecule has 0 spiro atoms. The van der Waals surface area contributed by atoms with Crippen molar-refractivity contribution < 1.29 is 52.0 Å². The second kappa shape index (κ2) is 32.3. The maximum absolute atomic E-state index is 14.5. The van der Waals surface area contributed by atoms with Crippen LogP contribution in [0.15, 0.2) is 67.4 Å². The molecule has 0 aliphatic carbocycles. The van der Waals surface area contributed by atoms with Crippen LogP contribution in [0.25, 0.3) is 0 Å². The van der Waals surface area contributed by atoms with E-state index in [1.807, 2.05) is 11.8 Å². The van der Waals surface area contributed by atoms with Gasteiger partial charge in [-0.3, -0.25) is 24.0 Å². The molecular weight excluding hydrogens is 924 g/mol. The van der Waals surface area contributed by atoms with Crippen LogP contribution >= 0.6 is 11.8 Å². The number of carbonyl (C=O) groups is 5. The van der Waals surface area contributed by atoms with E-state index in [-0.39, 0.29) is 41.2 Å². The number of nitrogens with zero attached hydrogens (tertiary/aromatic N) is 2. The summed E-state index contributed by atoms with van der Waals surface area (Å²) in [5.74, 6) is 1.47. The molecule has 2 aliphatic heterocycles. The van der Waals surface area contributed by atoms with Crippen molar-refractivity contribution in [3.8, 4) is 5.75 Å². The third kappa shape index (κ3) is 22.0. The molecular formula is C50H69FN8O10S. The fraction of sp³-hybridized carbons (Fsp3) is 0.540. The zero-order chi connectivity index (χ0) is 49.6. The van der Waals surface area contributed by atoms with Crippen molar-refractivity contribution in [1.82, 2.24) is 25.9 Å². The van der Waals surface area contributed by atoms with E-state index in [9.17, 15) is 28.4 Å². The van der Waals surface area contributed by atoms with Gasteiger partial charge in [-0.25, -0.2) is 9.37 Å². The summed E-state index contributed by atoms with van der Waals surface area (Å²) in [5.41, 5.74) is 1.68. The van der Waals surface area contributed by atoms with Gasteiger partial charge in [-0.2, -0.15) is 16.7 Å². The van der Waals surface area contributed by atoms with Crippen LogP contribution in [0.5, 0.6) is 5.75 Å². The molecule has 5 rings (SSSR count). The van der Waals surface area contributed by atoms with Crippen molar-refractivity contribution in [3.63, 3.8) is 0 Å². The van der Waals surface area contributed by atoms with E-state index in [0.717, 1.165) is 43.7 Å². The lowest BCUT2D eigenvalue weighted by atomic mass is 9.94. The third-order valence-corrected chi connectivity index (χ3v) is 12.8. The van der Waals surface area contributed by atoms with Crippen molar-refractivity contribution >= 4 is 70.0 Å². The molecule has 20 heteroatoms. The first kappa shape index (κ1) is 55.3. The molecule has 3 heterocycles. The summed E-state index contributed by atoms with van der Waals surface area (Å²) in [6.45, 7) is 8.50. The Bertz CT molecular complexity index is 2100. The number of fused-ring (bicyclic) bond motifs is 1. The third-order valence-electron chi connectivity index (χ3n) is 11.2. The Labute approximate surface area is 414 Å². The lowest BCUT2D eigenvalue weighted by Gasteiger charge is -2.15. The van der Waals surface area contributed by atoms with Gasteiger partial charge < -0.3 is 55.6 Å². The first-order chi connectivity index (χ1) is 34.1. The number of ketones is 1. The van der Waals surface area contributed by atoms with Crippen LogP contribution in [0, 0.1) is 11.7 Å². The molecule has 1 aromatic heterocycles. The molecule has 0 radical (unpaired) electrons. The van der Waals surface area contributed by atoms with Crippen molar-refractivity contribution in [2.24, 2.45) is 5.92 Å². The zero-order valence-corrected chi connectivity index (χ0v) is 40.8. The molecule has 2 aromatic carbocycles. The summed E-state index contributed by atoms with van der Waals surface area (Å²) in [7, 11) is 0. The quantitative estimate of drug-likeness (QED) is 0.0272. The SMILES string of the molecule is C=CC(=O)Nc1cccc(Nc2nc(Nc3ccc(OCCOCCCC(=O)CCCC(=O)NCCCOCCOCCOCCCNC(=O)CCCC[C@@H]4SC[C@@H]5NC(=O)C[C@@H]54)cc3)ncc2F)c1. The lowest BCUT2D eigenvalue weighted by Crippen LogP contribution is -2.29. The molecule has 2 fully saturated rings. The number of unbranched alkanes of at least 4 members (excludes halogenated alkanes) is 1. The molecule has 18 nitrogen and oxygen atoms in total. The number of carbonyl (C=O) groups excluding carboxylic acids is 5. The second-order valence-electron chi connectivity index (χ2n) is 16.8. The van der Waals surface area contributed by atoms with Gasteiger partial charge in [0.25, 0.3) is 0 Å². The van der Waals surface area contributed by atoms with Gasteiger partial charge in [-0.15, -0.1) is 0 Å². The van der Waals surface area contributed by atoms with Crippen LogP contribution < -0.4 is 36.6 Å². The van der Waals surface area contributed by atoms with Gasteiger partial charge in [0, 0.05) is 105 Å². The Morgan fingerprint density at radius 1 is 0.743 bits per heavy atom. The van der Waals surface area contributed by atoms with Crippen molar-refractivity contribution in [1.29, 1.82) is 0 Å². The van der Waals surface area contributed by atoms with Gasteiger partial charge in [-0.05, 0) is 87.1 Å². The highest BCUT2D eigenvalue weighted by atomic mass is 32.2. The monoisotopic (exact) mass is 992 g/mol. The second-order valence-corrected chi connectivity index (χ2v) is 18.1. The highest BCUT2D eigenvalue weighted by molar-refractivity contribution is 8.00. The summed E-state index contributed by atoms with van der Waals surface area (Å²) < 4.78 is 42.6. The predicted octanol–water partition coefficient (Wildman–Crippen LogP) is 6.39. The van der Waals surface area contributed by atoms with E-state index in [1.54, 1.807) is 48.5 Å². The summed E-state index contributed by atoms with van der Waals surface area (Å²) in [6, 6.07) is 14.2. The van der Waals surface area contributed by atoms with Crippen molar-refractivity contribution in [3.05, 3.63) is 73.2 Å². The Kier molecular flexibility index (Phi) is 25.5. The highest BCUT2D eigenvalue weighted by Crippen LogP contribution is 2.40. The first-order valence-corrected chi connectivity index (χ1v) is 25.3. The zero-order valence-electron chi connectivity index (χ0n) is 39.9. The normalized spacial score (nSPS) is 16.0. The van der Waals surface area contributed by atoms with Crippen LogP contribution in [0.1, 0.15) is 77.0 Å². The van der Waals surface area contributed by atoms with Gasteiger partial charge in [0.05, 0.1) is 39.2 Å². The van der Waals surface area contributed by atoms with E-state index in [1.165, 1.54) is 0 Å². The number of nitrogens with one attached hydrogen (secondary N) is 6. The molecule has 2 aliphatic rings. The van der Waals surface area contributed by atoms with Crippen molar-refractivity contribution in [2.45, 2.75) is 88.3 Å². The Morgan fingerprint density at radius 3 is 2.10 bits per heavy atom. The average Bonchev–Trinajstić information content (AvgIpc) is 3.91. The summed E-state index contributed by atoms with van der Waals surface area (Å²) >= 11 is 1.96. The maximum Gasteiger partial charge on any atom is 0.247 e. The summed E-state index contributed by atoms with van der Waals surface area (Å²) in [5, 5.41) is 18.0. The number of hydrogen-bond acceptors (Lipinski definition) is 15. The van der Waals surface area contributed by atoms with E-state index in [4.69, 9.17) is 23.7 Å². The fourth-order valence-electron chi connectivity index (χ4n) is 7.63. The minimum absolute atomic E-state index is 0.0478. The predicted molar refractivity (Wildman–Crippen MR) is 267 cm³/mol. The van der Waals surface area contributed by atoms with E-state index >= 15 is 0 Å². The van der Waals surface area contributed by atoms with Gasteiger partial charge in [0.1, 0.15) is 18.1 Å². The Hall–Kier alpha value is -5.67. The number of aromatic nitrogens is 2. The maximum atomic E-state index is 14.5. The molecule has 3 aromatic rings. The molecule has 70 heavy (non-hydrogen) atoms. The number of benzene rings is 2. The number of rotatable bonds is 37. The van der Waals surface area contributed by atoms with Crippen LogP contribution in [0.4, 0.5) is 33.2 Å². The van der Waals surface area contributed by atoms with Crippen LogP contribution in [-0.2, 0) is 42.9 Å². The van der Waals surface area contributed by atoms with Crippen molar-refractivity contribution in [2.75, 3.05) is 94.3 Å². The highest BCUT2D eigenvalue weighted by Gasteiger charge is 2.42. The number of hydrogen-bond donors (Lipinski definition) is 6. The number of thioether (sulfide) groups is 1. The molecule has 382 valence electrons. The lowest BCUT2D eigenvalue weighted by molar-refractivity contribution is -0.122. The standard InChI is InChI=1S/C50H69FN8O10S/c1-2-45(61)55-37-10-5-11-38(32-37)56-49-42(51)34-54-50(59-49)57-36-17-19-40(20-18-36)69-31-30-65-23-7-13-39(60)12-6-16-47(63)53-22-9-25-67-27-29-68-28-26-66-24-8-21-52-46(62)15-4-3-14-44-41-33-48(64)58-43(41)35-70-44/h2,5,10-11,17-20,32,34,41,43-44H,1,3-4,6-9,12-16,21-31,33,35H2,(H,52,62)(H,53,63)(H,55,61)(H,58,64)(H2,54,56,57,59)/t41-,43-,44-/m0/s1. The van der Waals surface area contributed by atoms with E-state index < -0.39 is 5.82 Å². The smallest absolute Gasteiger partial charge is 0.247 e. The molecule has 0 bridgehead atoms. The topological polar surface area (TPSA) is 229 Å². The number of anilines is 5. The van der Waals surface area contributed by atoms with Gasteiger partial charge in [0.15, 0.2) is 11.6 Å². The molecule has 2 saturated heterocycles. The van der Waals surface area contributed by atoms with Gasteiger partial charge >= 0.3 is 0 Å². The van der Waals surface area contributed by atoms with Crippen LogP contribution in [0.2, 0.25) is 0 Å². The van der Waals surface area contributed by atoms with Gasteiger partial charge in [-0.1, -0.05) is 19.1 Å². The number of Topliss-reactive ketones (excluding diaryl/α,β-unsaturated/α-hetero) is 1. The number of halogens is 1. The van der Waals surface area contributed by atoms with E-state index in [0.29, 0.717) is 164 Å². The molecule has 3 atom stereocenters. The Balaban J connectivity index is 0.751. The fourth-order valence-corrected chi connectivity index (χ4v) is 9.28. The molecule has 6 N–H and O–H groups in total. The number of ether oxygens (including phenoxy) is 5. The van der Waals surface area contributed by atoms with Crippen LogP contribution in [-0.4, -0.2) is 129 Å². The van der Waals surface area contributed by atoms with Crippen LogP contribution in [0.3, 0.4) is 0 Å². The minimum Gasteiger partial charge on any atom is -0.491 e. The Morgan fingerprint density at radius 2 is 1.39 bits per heavy atom. The number of amides is 4. The van der Waals surface area contributed by atoms with E-state index in [2.05, 4.69) is 48.4 Å². The molecule has 0 unspecified atom stereocenters. The molecule has 0 saturated carbocycles.